The van der Waals surface area contributed by atoms with Crippen molar-refractivity contribution in [2.45, 2.75) is 31.3 Å². The first-order valence-electron chi connectivity index (χ1n) is 4.99. The zero-order valence-corrected chi connectivity index (χ0v) is 7.51. The third-order valence-electron chi connectivity index (χ3n) is 2.50. The highest BCUT2D eigenvalue weighted by Crippen LogP contribution is 2.18. The molecule has 1 unspecified atom stereocenters. The Balaban J connectivity index is 1.52. The minimum atomic E-state index is 0.588. The molecule has 2 aliphatic rings. The molecule has 1 saturated heterocycles. The molecular formula is C9H18N2O. The second-order valence-electron chi connectivity index (χ2n) is 3.74. The molecule has 3 nitrogen and oxygen atoms in total. The third kappa shape index (κ3) is 2.73. The summed E-state index contributed by atoms with van der Waals surface area (Å²) in [7, 11) is 0. The average Bonchev–Trinajstić information content (AvgIpc) is 2.90. The molecule has 2 fully saturated rings. The van der Waals surface area contributed by atoms with Gasteiger partial charge in [0, 0.05) is 18.6 Å². The molecule has 0 aromatic heterocycles. The molecule has 0 amide bonds. The molecule has 0 bridgehead atoms. The van der Waals surface area contributed by atoms with Crippen molar-refractivity contribution in [1.29, 1.82) is 0 Å². The molecule has 0 radical (unpaired) electrons. The Morgan fingerprint density at radius 1 is 1.42 bits per heavy atom. The standard InChI is InChI=1S/C9H18N2O/c1-2-8(1)10-4-3-9-7-12-6-5-11-9/h8-11H,1-7H2. The van der Waals surface area contributed by atoms with Crippen LogP contribution in [0.25, 0.3) is 0 Å². The van der Waals surface area contributed by atoms with E-state index in [9.17, 15) is 0 Å². The van der Waals surface area contributed by atoms with E-state index >= 15 is 0 Å². The first-order valence-corrected chi connectivity index (χ1v) is 4.99. The minimum absolute atomic E-state index is 0.588. The van der Waals surface area contributed by atoms with Crippen molar-refractivity contribution in [2.75, 3.05) is 26.3 Å². The van der Waals surface area contributed by atoms with Gasteiger partial charge in [0.2, 0.25) is 0 Å². The van der Waals surface area contributed by atoms with Crippen molar-refractivity contribution in [1.82, 2.24) is 10.6 Å². The molecule has 0 aromatic carbocycles. The number of rotatable bonds is 4. The van der Waals surface area contributed by atoms with Crippen LogP contribution in [0.1, 0.15) is 19.3 Å². The summed E-state index contributed by atoms with van der Waals surface area (Å²) in [5, 5.41) is 6.96. The van der Waals surface area contributed by atoms with Crippen LogP contribution in [0, 0.1) is 0 Å². The molecule has 1 atom stereocenters. The van der Waals surface area contributed by atoms with Gasteiger partial charge in [0.1, 0.15) is 0 Å². The smallest absolute Gasteiger partial charge is 0.0620 e. The van der Waals surface area contributed by atoms with Gasteiger partial charge in [-0.1, -0.05) is 0 Å². The highest BCUT2D eigenvalue weighted by atomic mass is 16.5. The first-order chi connectivity index (χ1) is 5.95. The van der Waals surface area contributed by atoms with Gasteiger partial charge in [-0.05, 0) is 25.8 Å². The van der Waals surface area contributed by atoms with Gasteiger partial charge in [-0.2, -0.15) is 0 Å². The molecule has 0 spiro atoms. The second kappa shape index (κ2) is 4.21. The van der Waals surface area contributed by atoms with E-state index in [4.69, 9.17) is 4.74 Å². The summed E-state index contributed by atoms with van der Waals surface area (Å²) in [6, 6.07) is 1.43. The monoisotopic (exact) mass is 170 g/mol. The van der Waals surface area contributed by atoms with Crippen LogP contribution in [0.15, 0.2) is 0 Å². The maximum atomic E-state index is 5.36. The average molecular weight is 170 g/mol. The molecule has 1 heterocycles. The molecule has 1 aliphatic carbocycles. The van der Waals surface area contributed by atoms with Crippen LogP contribution in [0.5, 0.6) is 0 Å². The summed E-state index contributed by atoms with van der Waals surface area (Å²) in [5.41, 5.74) is 0. The quantitative estimate of drug-likeness (QED) is 0.628. The number of hydrogen-bond acceptors (Lipinski definition) is 3. The van der Waals surface area contributed by atoms with Gasteiger partial charge in [0.25, 0.3) is 0 Å². The van der Waals surface area contributed by atoms with E-state index in [0.717, 1.165) is 32.3 Å². The third-order valence-corrected chi connectivity index (χ3v) is 2.50. The molecule has 12 heavy (non-hydrogen) atoms. The van der Waals surface area contributed by atoms with E-state index in [1.807, 2.05) is 0 Å². The number of hydrogen-bond donors (Lipinski definition) is 2. The van der Waals surface area contributed by atoms with Crippen LogP contribution in [-0.2, 0) is 4.74 Å². The van der Waals surface area contributed by atoms with Crippen LogP contribution < -0.4 is 10.6 Å². The number of ether oxygens (including phenoxy) is 1. The summed E-state index contributed by atoms with van der Waals surface area (Å²) in [4.78, 5) is 0. The number of morpholine rings is 1. The van der Waals surface area contributed by atoms with Crippen LogP contribution >= 0.6 is 0 Å². The predicted molar refractivity (Wildman–Crippen MR) is 48.3 cm³/mol. The lowest BCUT2D eigenvalue weighted by molar-refractivity contribution is 0.0742. The summed E-state index contributed by atoms with van der Waals surface area (Å²) in [5.74, 6) is 0. The molecule has 0 aromatic rings. The largest absolute Gasteiger partial charge is 0.379 e. The Kier molecular flexibility index (Phi) is 2.98. The topological polar surface area (TPSA) is 33.3 Å². The lowest BCUT2D eigenvalue weighted by Gasteiger charge is -2.23. The zero-order valence-electron chi connectivity index (χ0n) is 7.51. The molecule has 1 saturated carbocycles. The lowest BCUT2D eigenvalue weighted by Crippen LogP contribution is -2.42. The van der Waals surface area contributed by atoms with Crippen LogP contribution in [0.3, 0.4) is 0 Å². The zero-order chi connectivity index (χ0) is 8.23. The molecule has 1 aliphatic heterocycles. The van der Waals surface area contributed by atoms with E-state index in [-0.39, 0.29) is 0 Å². The maximum absolute atomic E-state index is 5.36. The molecule has 2 rings (SSSR count). The van der Waals surface area contributed by atoms with Crippen molar-refractivity contribution in [3.05, 3.63) is 0 Å². The summed E-state index contributed by atoms with van der Waals surface area (Å²) in [6.45, 7) is 3.94. The Labute approximate surface area is 73.9 Å². The van der Waals surface area contributed by atoms with Gasteiger partial charge < -0.3 is 15.4 Å². The fraction of sp³-hybridized carbons (Fsp3) is 1.00. The van der Waals surface area contributed by atoms with E-state index in [2.05, 4.69) is 10.6 Å². The van der Waals surface area contributed by atoms with E-state index in [0.29, 0.717) is 6.04 Å². The lowest BCUT2D eigenvalue weighted by atomic mass is 10.2. The van der Waals surface area contributed by atoms with E-state index < -0.39 is 0 Å². The number of nitrogens with one attached hydrogen (secondary N) is 2. The van der Waals surface area contributed by atoms with Gasteiger partial charge in [-0.3, -0.25) is 0 Å². The highest BCUT2D eigenvalue weighted by molar-refractivity contribution is 4.81. The van der Waals surface area contributed by atoms with E-state index in [1.165, 1.54) is 19.3 Å². The van der Waals surface area contributed by atoms with Crippen molar-refractivity contribution >= 4 is 0 Å². The fourth-order valence-electron chi connectivity index (χ4n) is 1.55. The highest BCUT2D eigenvalue weighted by Gasteiger charge is 2.20. The van der Waals surface area contributed by atoms with Gasteiger partial charge in [-0.15, -0.1) is 0 Å². The summed E-state index contributed by atoms with van der Waals surface area (Å²) < 4.78 is 5.36. The molecule has 3 heteroatoms. The van der Waals surface area contributed by atoms with Gasteiger partial charge in [0.05, 0.1) is 13.2 Å². The van der Waals surface area contributed by atoms with Gasteiger partial charge in [-0.25, -0.2) is 0 Å². The van der Waals surface area contributed by atoms with Crippen molar-refractivity contribution < 1.29 is 4.74 Å². The molecule has 70 valence electrons. The van der Waals surface area contributed by atoms with E-state index in [1.54, 1.807) is 0 Å². The van der Waals surface area contributed by atoms with Crippen molar-refractivity contribution in [2.24, 2.45) is 0 Å². The van der Waals surface area contributed by atoms with Crippen molar-refractivity contribution in [3.8, 4) is 0 Å². The predicted octanol–water partition coefficient (Wildman–Crippen LogP) is 0.117. The van der Waals surface area contributed by atoms with Crippen LogP contribution in [0.2, 0.25) is 0 Å². The van der Waals surface area contributed by atoms with Gasteiger partial charge in [0.15, 0.2) is 0 Å². The Morgan fingerprint density at radius 3 is 3.00 bits per heavy atom. The summed E-state index contributed by atoms with van der Waals surface area (Å²) in [6.07, 6.45) is 3.97. The van der Waals surface area contributed by atoms with Gasteiger partial charge >= 0.3 is 0 Å². The fourth-order valence-corrected chi connectivity index (χ4v) is 1.55. The normalized spacial score (nSPS) is 30.5. The second-order valence-corrected chi connectivity index (χ2v) is 3.74. The van der Waals surface area contributed by atoms with Crippen molar-refractivity contribution in [3.63, 3.8) is 0 Å². The van der Waals surface area contributed by atoms with Crippen LogP contribution in [-0.4, -0.2) is 38.4 Å². The maximum Gasteiger partial charge on any atom is 0.0620 e. The first kappa shape index (κ1) is 8.48. The van der Waals surface area contributed by atoms with Crippen LogP contribution in [0.4, 0.5) is 0 Å². The molecular weight excluding hydrogens is 152 g/mol. The summed E-state index contributed by atoms with van der Waals surface area (Å²) >= 11 is 0. The SMILES string of the molecule is C(CC1COCCN1)NC1CC1. The Morgan fingerprint density at radius 2 is 2.33 bits per heavy atom. The minimum Gasteiger partial charge on any atom is -0.379 e. The molecule has 2 N–H and O–H groups in total. The Bertz CT molecular complexity index is 130. The Hall–Kier alpha value is -0.120.